The Morgan fingerprint density at radius 3 is 2.66 bits per heavy atom. The summed E-state index contributed by atoms with van der Waals surface area (Å²) in [6.45, 7) is 1.35. The molecule has 7 nitrogen and oxygen atoms in total. The zero-order valence-corrected chi connectivity index (χ0v) is 17.3. The molecule has 0 radical (unpaired) electrons. The summed E-state index contributed by atoms with van der Waals surface area (Å²) in [5.74, 6) is -1.16. The third-order valence-electron chi connectivity index (χ3n) is 4.24. The van der Waals surface area contributed by atoms with Gasteiger partial charge in [-0.2, -0.15) is 0 Å². The maximum atomic E-state index is 12.2. The van der Waals surface area contributed by atoms with Crippen LogP contribution >= 0.6 is 11.8 Å². The molecule has 0 aromatic heterocycles. The number of carbonyl (C=O) groups is 4. The number of urea groups is 1. The Morgan fingerprint density at radius 1 is 1.14 bits per heavy atom. The van der Waals surface area contributed by atoms with E-state index < -0.39 is 24.5 Å². The van der Waals surface area contributed by atoms with Crippen molar-refractivity contribution in [1.29, 1.82) is 0 Å². The van der Waals surface area contributed by atoms with Gasteiger partial charge in [0.05, 0.1) is 11.3 Å². The number of ketones is 1. The van der Waals surface area contributed by atoms with Crippen molar-refractivity contribution in [2.75, 3.05) is 18.9 Å². The molecule has 0 bridgehead atoms. The van der Waals surface area contributed by atoms with Gasteiger partial charge in [0, 0.05) is 11.4 Å². The molecule has 0 atom stereocenters. The van der Waals surface area contributed by atoms with Gasteiger partial charge >= 0.3 is 12.0 Å². The summed E-state index contributed by atoms with van der Waals surface area (Å²) in [6, 6.07) is 6.08. The van der Waals surface area contributed by atoms with Gasteiger partial charge in [0.2, 0.25) is 0 Å². The Kier molecular flexibility index (Phi) is 9.43. The average Bonchev–Trinajstić information content (AvgIpc) is 2.71. The maximum absolute atomic E-state index is 12.2. The predicted molar refractivity (Wildman–Crippen MR) is 111 cm³/mol. The minimum Gasteiger partial charge on any atom is -0.452 e. The predicted octanol–water partition coefficient (Wildman–Crippen LogP) is 3.24. The van der Waals surface area contributed by atoms with Crippen LogP contribution in [0.15, 0.2) is 40.8 Å². The van der Waals surface area contributed by atoms with Crippen LogP contribution in [0.3, 0.4) is 0 Å². The van der Waals surface area contributed by atoms with Crippen molar-refractivity contribution in [3.63, 3.8) is 0 Å². The van der Waals surface area contributed by atoms with Crippen molar-refractivity contribution in [1.82, 2.24) is 10.6 Å². The van der Waals surface area contributed by atoms with Gasteiger partial charge < -0.3 is 10.1 Å². The quantitative estimate of drug-likeness (QED) is 0.363. The fraction of sp³-hybridized carbons (Fsp3) is 0.429. The average molecular weight is 419 g/mol. The van der Waals surface area contributed by atoms with E-state index in [1.807, 2.05) is 0 Å². The molecule has 0 heterocycles. The largest absolute Gasteiger partial charge is 0.452 e. The van der Waals surface area contributed by atoms with Gasteiger partial charge in [-0.25, -0.2) is 9.59 Å². The molecule has 0 saturated heterocycles. The highest BCUT2D eigenvalue weighted by atomic mass is 32.2. The van der Waals surface area contributed by atoms with Crippen molar-refractivity contribution in [3.8, 4) is 0 Å². The number of hydrogen-bond donors (Lipinski definition) is 2. The third-order valence-corrected chi connectivity index (χ3v) is 5.46. The molecule has 0 unspecified atom stereocenters. The molecule has 29 heavy (non-hydrogen) atoms. The number of carbonyl (C=O) groups excluding carboxylic acids is 4. The molecule has 1 aromatic rings. The van der Waals surface area contributed by atoms with Crippen molar-refractivity contribution in [3.05, 3.63) is 41.5 Å². The molecule has 2 rings (SSSR count). The van der Waals surface area contributed by atoms with E-state index in [9.17, 15) is 19.2 Å². The third kappa shape index (κ3) is 8.51. The van der Waals surface area contributed by atoms with Gasteiger partial charge in [-0.05, 0) is 51.2 Å². The summed E-state index contributed by atoms with van der Waals surface area (Å²) in [4.78, 5) is 47.6. The molecular formula is C21H26N2O5S. The molecule has 0 spiro atoms. The van der Waals surface area contributed by atoms with Crippen molar-refractivity contribution in [2.45, 2.75) is 43.9 Å². The van der Waals surface area contributed by atoms with Gasteiger partial charge in [0.15, 0.2) is 6.61 Å². The summed E-state index contributed by atoms with van der Waals surface area (Å²) in [6.07, 6.45) is 7.51. The molecule has 156 valence electrons. The number of Topliss-reactive ketones (excluding diaryl/α,β-unsaturated/α-hetero) is 1. The van der Waals surface area contributed by atoms with Crippen molar-refractivity contribution in [2.24, 2.45) is 0 Å². The topological polar surface area (TPSA) is 102 Å². The van der Waals surface area contributed by atoms with Gasteiger partial charge in [-0.3, -0.25) is 14.9 Å². The summed E-state index contributed by atoms with van der Waals surface area (Å²) in [5.41, 5.74) is 1.61. The number of allylic oxidation sites excluding steroid dienone is 1. The Balaban J connectivity index is 1.72. The summed E-state index contributed by atoms with van der Waals surface area (Å²) < 4.78 is 5.00. The van der Waals surface area contributed by atoms with Crippen LogP contribution in [0.25, 0.3) is 0 Å². The first-order chi connectivity index (χ1) is 14.0. The van der Waals surface area contributed by atoms with E-state index in [0.717, 1.165) is 19.3 Å². The molecule has 1 aliphatic rings. The minimum atomic E-state index is -0.707. The molecule has 3 amide bonds. The second-order valence-electron chi connectivity index (χ2n) is 6.73. The lowest BCUT2D eigenvalue weighted by atomic mass is 9.97. The molecule has 0 saturated carbocycles. The normalized spacial score (nSPS) is 13.2. The number of benzene rings is 1. The lowest BCUT2D eigenvalue weighted by Gasteiger charge is -2.13. The second-order valence-corrected chi connectivity index (χ2v) is 7.74. The Bertz CT molecular complexity index is 791. The molecule has 0 aliphatic heterocycles. The van der Waals surface area contributed by atoms with Gasteiger partial charge in [-0.15, -0.1) is 11.8 Å². The smallest absolute Gasteiger partial charge is 0.339 e. The van der Waals surface area contributed by atoms with E-state index in [1.54, 1.807) is 24.3 Å². The summed E-state index contributed by atoms with van der Waals surface area (Å²) in [5, 5.41) is 4.77. The van der Waals surface area contributed by atoms with E-state index in [4.69, 9.17) is 4.74 Å². The fourth-order valence-electron chi connectivity index (χ4n) is 2.82. The molecular weight excluding hydrogens is 392 g/mol. The first-order valence-corrected chi connectivity index (χ1v) is 10.6. The molecule has 8 heteroatoms. The van der Waals surface area contributed by atoms with E-state index in [0.29, 0.717) is 11.4 Å². The maximum Gasteiger partial charge on any atom is 0.339 e. The molecule has 2 N–H and O–H groups in total. The minimum absolute atomic E-state index is 0.0108. The SMILES string of the molecule is CC(=O)CSc1ccccc1C(=O)OCC(=O)NC(=O)NCCC1=CCCCC1. The van der Waals surface area contributed by atoms with E-state index in [-0.39, 0.29) is 17.1 Å². The Morgan fingerprint density at radius 2 is 1.93 bits per heavy atom. The first-order valence-electron chi connectivity index (χ1n) is 9.59. The number of amides is 3. The molecule has 1 aromatic carbocycles. The van der Waals surface area contributed by atoms with Crippen LogP contribution in [-0.2, 0) is 14.3 Å². The van der Waals surface area contributed by atoms with E-state index in [2.05, 4.69) is 16.7 Å². The number of rotatable bonds is 9. The number of thioether (sulfide) groups is 1. The van der Waals surface area contributed by atoms with Crippen LogP contribution < -0.4 is 10.6 Å². The number of imide groups is 1. The Hall–Kier alpha value is -2.61. The molecule has 0 fully saturated rings. The lowest BCUT2D eigenvalue weighted by molar-refractivity contribution is -0.123. The van der Waals surface area contributed by atoms with Crippen molar-refractivity contribution < 1.29 is 23.9 Å². The lowest BCUT2D eigenvalue weighted by Crippen LogP contribution is -2.41. The highest BCUT2D eigenvalue weighted by Crippen LogP contribution is 2.23. The fourth-order valence-corrected chi connectivity index (χ4v) is 3.67. The highest BCUT2D eigenvalue weighted by Gasteiger charge is 2.16. The number of hydrogen-bond acceptors (Lipinski definition) is 6. The van der Waals surface area contributed by atoms with E-state index in [1.165, 1.54) is 37.1 Å². The monoisotopic (exact) mass is 418 g/mol. The zero-order chi connectivity index (χ0) is 21.1. The summed E-state index contributed by atoms with van der Waals surface area (Å²) in [7, 11) is 0. The van der Waals surface area contributed by atoms with Gasteiger partial charge in [0.25, 0.3) is 5.91 Å². The summed E-state index contributed by atoms with van der Waals surface area (Å²) >= 11 is 1.23. The molecule has 1 aliphatic carbocycles. The van der Waals surface area contributed by atoms with Crippen LogP contribution in [0, 0.1) is 0 Å². The highest BCUT2D eigenvalue weighted by molar-refractivity contribution is 8.00. The number of esters is 1. The van der Waals surface area contributed by atoms with Crippen LogP contribution in [-0.4, -0.2) is 42.6 Å². The van der Waals surface area contributed by atoms with E-state index >= 15 is 0 Å². The standard InChI is InChI=1S/C21H26N2O5S/c1-15(24)14-29-18-10-6-5-9-17(18)20(26)28-13-19(25)23-21(27)22-12-11-16-7-3-2-4-8-16/h5-7,9-10H,2-4,8,11-14H2,1H3,(H2,22,23,25,27). The van der Waals surface area contributed by atoms with Crippen LogP contribution in [0.2, 0.25) is 0 Å². The zero-order valence-electron chi connectivity index (χ0n) is 16.5. The Labute approximate surface area is 174 Å². The first kappa shape index (κ1) is 22.7. The van der Waals surface area contributed by atoms with Crippen LogP contribution in [0.1, 0.15) is 49.4 Å². The van der Waals surface area contributed by atoms with Crippen molar-refractivity contribution >= 4 is 35.5 Å². The second kappa shape index (κ2) is 12.1. The number of nitrogens with one attached hydrogen (secondary N) is 2. The van der Waals surface area contributed by atoms with Gasteiger partial charge in [0.1, 0.15) is 5.78 Å². The number of ether oxygens (including phenoxy) is 1. The van der Waals surface area contributed by atoms with Crippen LogP contribution in [0.4, 0.5) is 4.79 Å². The van der Waals surface area contributed by atoms with Crippen LogP contribution in [0.5, 0.6) is 0 Å². The van der Waals surface area contributed by atoms with Gasteiger partial charge in [-0.1, -0.05) is 23.8 Å².